The highest BCUT2D eigenvalue weighted by Gasteiger charge is 2.33. The van der Waals surface area contributed by atoms with Gasteiger partial charge < -0.3 is 20.0 Å². The lowest BCUT2D eigenvalue weighted by Crippen LogP contribution is -2.47. The zero-order chi connectivity index (χ0) is 25.1. The molecule has 1 amide bonds. The first-order valence-electron chi connectivity index (χ1n) is 10.4. The molecule has 2 N–H and O–H groups in total. The maximum Gasteiger partial charge on any atom is 0.430 e. The molecule has 1 saturated heterocycles. The number of hydrogen-bond acceptors (Lipinski definition) is 4. The van der Waals surface area contributed by atoms with Gasteiger partial charge in [0, 0.05) is 18.2 Å². The fourth-order valence-electron chi connectivity index (χ4n) is 3.70. The third kappa shape index (κ3) is 6.10. The van der Waals surface area contributed by atoms with E-state index in [1.54, 1.807) is 12.1 Å². The SMILES string of the molecule is CC1(C)CC(NC(=O)c2[nH]c(-c3ccc(F)cc3)c3cccc[n+]23)CCO1.O=C([O-])C(F)(F)F. The van der Waals surface area contributed by atoms with Gasteiger partial charge in [0.1, 0.15) is 11.8 Å². The first kappa shape index (κ1) is 25.2. The average molecular weight is 481 g/mol. The van der Waals surface area contributed by atoms with Crippen molar-refractivity contribution in [1.29, 1.82) is 0 Å². The van der Waals surface area contributed by atoms with Gasteiger partial charge in [0.2, 0.25) is 0 Å². The van der Waals surface area contributed by atoms with Crippen molar-refractivity contribution in [2.45, 2.75) is 44.5 Å². The summed E-state index contributed by atoms with van der Waals surface area (Å²) in [6.07, 6.45) is -1.78. The number of carbonyl (C=O) groups is 2. The van der Waals surface area contributed by atoms with E-state index in [1.807, 2.05) is 42.6 Å². The Morgan fingerprint density at radius 1 is 1.18 bits per heavy atom. The van der Waals surface area contributed by atoms with Gasteiger partial charge in [-0.3, -0.25) is 4.79 Å². The zero-order valence-electron chi connectivity index (χ0n) is 18.4. The molecule has 1 aliphatic heterocycles. The summed E-state index contributed by atoms with van der Waals surface area (Å²) in [6, 6.07) is 12.0. The van der Waals surface area contributed by atoms with E-state index in [9.17, 15) is 22.4 Å². The van der Waals surface area contributed by atoms with Gasteiger partial charge in [0.25, 0.3) is 0 Å². The van der Waals surface area contributed by atoms with Crippen LogP contribution in [-0.2, 0) is 9.53 Å². The molecule has 0 spiro atoms. The number of alkyl halides is 3. The van der Waals surface area contributed by atoms with Crippen molar-refractivity contribution in [2.75, 3.05) is 6.61 Å². The number of rotatable bonds is 3. The summed E-state index contributed by atoms with van der Waals surface area (Å²) in [5, 5.41) is 11.9. The quantitative estimate of drug-likeness (QED) is 0.444. The second-order valence-electron chi connectivity index (χ2n) is 8.37. The zero-order valence-corrected chi connectivity index (χ0v) is 18.4. The second kappa shape index (κ2) is 9.80. The highest BCUT2D eigenvalue weighted by molar-refractivity contribution is 5.91. The van der Waals surface area contributed by atoms with E-state index in [0.29, 0.717) is 12.4 Å². The first-order valence-corrected chi connectivity index (χ1v) is 10.4. The Bertz CT molecular complexity index is 1170. The van der Waals surface area contributed by atoms with Crippen LogP contribution in [0.15, 0.2) is 48.7 Å². The molecule has 34 heavy (non-hydrogen) atoms. The minimum Gasteiger partial charge on any atom is -0.542 e. The van der Waals surface area contributed by atoms with Gasteiger partial charge in [-0.15, -0.1) is 0 Å². The third-order valence-electron chi connectivity index (χ3n) is 5.21. The minimum atomic E-state index is -5.19. The number of carbonyl (C=O) groups excluding carboxylic acids is 2. The predicted molar refractivity (Wildman–Crippen MR) is 111 cm³/mol. The fourth-order valence-corrected chi connectivity index (χ4v) is 3.70. The molecule has 1 fully saturated rings. The highest BCUT2D eigenvalue weighted by atomic mass is 19.4. The van der Waals surface area contributed by atoms with Crippen LogP contribution in [0, 0.1) is 5.82 Å². The molecular formula is C23H23F4N3O4. The topological polar surface area (TPSA) is 98.3 Å². The number of H-pyrrole nitrogens is 1. The highest BCUT2D eigenvalue weighted by Crippen LogP contribution is 2.25. The molecule has 2 aromatic heterocycles. The maximum atomic E-state index is 13.3. The van der Waals surface area contributed by atoms with Gasteiger partial charge in [0.05, 0.1) is 11.8 Å². The maximum absolute atomic E-state index is 13.3. The molecule has 0 bridgehead atoms. The summed E-state index contributed by atoms with van der Waals surface area (Å²) in [4.78, 5) is 25.0. The number of aliphatic carboxylic acids is 1. The van der Waals surface area contributed by atoms with E-state index in [2.05, 4.69) is 10.3 Å². The average Bonchev–Trinajstić information content (AvgIpc) is 3.13. The number of amides is 1. The van der Waals surface area contributed by atoms with Crippen molar-refractivity contribution in [2.24, 2.45) is 0 Å². The van der Waals surface area contributed by atoms with Crippen molar-refractivity contribution in [3.8, 4) is 11.3 Å². The lowest BCUT2D eigenvalue weighted by molar-refractivity contribution is -0.514. The standard InChI is InChI=1S/C21H22FN3O2.C2HF3O2/c1-21(2)13-16(10-12-27-21)23-20(26)19-24-18(14-6-8-15(22)9-7-14)17-5-3-4-11-25(17)19;3-2(4,5)1(6)7/h3-9,11,16H,10,12-13H2,1-2H3,(H,23,26);(H,6,7). The number of pyridine rings is 1. The van der Waals surface area contributed by atoms with Crippen LogP contribution < -0.4 is 14.8 Å². The van der Waals surface area contributed by atoms with E-state index in [0.717, 1.165) is 29.6 Å². The van der Waals surface area contributed by atoms with Crippen LogP contribution in [0.25, 0.3) is 16.8 Å². The predicted octanol–water partition coefficient (Wildman–Crippen LogP) is 2.55. The first-order chi connectivity index (χ1) is 15.9. The molecule has 0 radical (unpaired) electrons. The Balaban J connectivity index is 0.000000406. The smallest absolute Gasteiger partial charge is 0.430 e. The fraction of sp³-hybridized carbons (Fsp3) is 0.348. The molecule has 11 heteroatoms. The summed E-state index contributed by atoms with van der Waals surface area (Å²) >= 11 is 0. The van der Waals surface area contributed by atoms with E-state index in [4.69, 9.17) is 14.6 Å². The van der Waals surface area contributed by atoms with Crippen molar-refractivity contribution in [3.63, 3.8) is 0 Å². The number of carboxylic acids is 1. The van der Waals surface area contributed by atoms with E-state index >= 15 is 0 Å². The number of nitrogens with zero attached hydrogens (tertiary/aromatic N) is 1. The Morgan fingerprint density at radius 3 is 2.41 bits per heavy atom. The summed E-state index contributed by atoms with van der Waals surface area (Å²) < 4.78 is 52.4. The van der Waals surface area contributed by atoms with Crippen LogP contribution in [-0.4, -0.2) is 41.3 Å². The van der Waals surface area contributed by atoms with Crippen molar-refractivity contribution in [3.05, 3.63) is 60.3 Å². The number of nitrogens with one attached hydrogen (secondary N) is 2. The van der Waals surface area contributed by atoms with Crippen LogP contribution in [0.1, 0.15) is 37.3 Å². The number of ether oxygens (including phenoxy) is 1. The molecule has 1 unspecified atom stereocenters. The Kier molecular flexibility index (Phi) is 7.25. The number of carboxylic acid groups (broad SMARTS) is 1. The molecule has 4 rings (SSSR count). The lowest BCUT2D eigenvalue weighted by atomic mass is 9.94. The van der Waals surface area contributed by atoms with Crippen LogP contribution in [0.3, 0.4) is 0 Å². The summed E-state index contributed by atoms with van der Waals surface area (Å²) in [5.74, 6) is -3.00. The van der Waals surface area contributed by atoms with Crippen molar-refractivity contribution >= 4 is 17.4 Å². The molecule has 182 valence electrons. The van der Waals surface area contributed by atoms with Crippen LogP contribution >= 0.6 is 0 Å². The molecule has 3 heterocycles. The van der Waals surface area contributed by atoms with E-state index in [1.165, 1.54) is 12.1 Å². The third-order valence-corrected chi connectivity index (χ3v) is 5.21. The van der Waals surface area contributed by atoms with Gasteiger partial charge >= 0.3 is 17.9 Å². The Labute approximate surface area is 192 Å². The number of imidazole rings is 1. The summed E-state index contributed by atoms with van der Waals surface area (Å²) in [5.41, 5.74) is 2.24. The van der Waals surface area contributed by atoms with Crippen molar-refractivity contribution < 1.29 is 41.4 Å². The van der Waals surface area contributed by atoms with Crippen LogP contribution in [0.2, 0.25) is 0 Å². The summed E-state index contributed by atoms with van der Waals surface area (Å²) in [7, 11) is 0. The second-order valence-corrected chi connectivity index (χ2v) is 8.37. The molecule has 0 aliphatic carbocycles. The molecule has 3 aromatic rings. The number of halogens is 4. The van der Waals surface area contributed by atoms with Gasteiger partial charge in [-0.25, -0.2) is 9.37 Å². The molecule has 1 aliphatic rings. The number of hydrogen-bond donors (Lipinski definition) is 2. The monoisotopic (exact) mass is 481 g/mol. The Hall–Kier alpha value is -3.47. The number of benzene rings is 1. The van der Waals surface area contributed by atoms with Gasteiger partial charge in [-0.1, -0.05) is 6.07 Å². The molecule has 1 atom stereocenters. The van der Waals surface area contributed by atoms with Crippen LogP contribution in [0.5, 0.6) is 0 Å². The molecule has 0 saturated carbocycles. The van der Waals surface area contributed by atoms with Crippen molar-refractivity contribution in [1.82, 2.24) is 10.3 Å². The van der Waals surface area contributed by atoms with Crippen LogP contribution in [0.4, 0.5) is 17.6 Å². The normalized spacial score (nSPS) is 17.5. The minimum absolute atomic E-state index is 0.0678. The van der Waals surface area contributed by atoms with E-state index < -0.39 is 12.1 Å². The molecular weight excluding hydrogens is 458 g/mol. The number of fused-ring (bicyclic) bond motifs is 1. The number of aromatic nitrogens is 2. The molecule has 1 aromatic carbocycles. The summed E-state index contributed by atoms with van der Waals surface area (Å²) in [6.45, 7) is 4.71. The lowest BCUT2D eigenvalue weighted by Gasteiger charge is -2.35. The Morgan fingerprint density at radius 2 is 1.82 bits per heavy atom. The van der Waals surface area contributed by atoms with E-state index in [-0.39, 0.29) is 23.4 Å². The van der Waals surface area contributed by atoms with Gasteiger partial charge in [-0.05, 0) is 63.1 Å². The van der Waals surface area contributed by atoms with Gasteiger partial charge in [0.15, 0.2) is 11.2 Å². The molecule has 7 nitrogen and oxygen atoms in total. The number of aromatic amines is 1. The largest absolute Gasteiger partial charge is 0.542 e. The van der Waals surface area contributed by atoms with Gasteiger partial charge in [-0.2, -0.15) is 17.6 Å².